The second-order valence-electron chi connectivity index (χ2n) is 6.26. The highest BCUT2D eigenvalue weighted by atomic mass is 35.5. The molecular formula is C17H22ClN5O. The van der Waals surface area contributed by atoms with Gasteiger partial charge in [0.05, 0.1) is 16.8 Å². The molecule has 0 atom stereocenters. The van der Waals surface area contributed by atoms with Crippen molar-refractivity contribution in [3.63, 3.8) is 0 Å². The molecule has 2 aromatic rings. The van der Waals surface area contributed by atoms with Gasteiger partial charge in [-0.15, -0.1) is 0 Å². The number of hydrogen-bond acceptors (Lipinski definition) is 4. The molecule has 0 aromatic carbocycles. The standard InChI is InChI=1S/C17H22ClN5O/c1-21(11-13-9-20-22(2)12-13)16-15(18)8-14(10-19-16)17(24)23-6-4-3-5-7-23/h8-10,12H,3-7,11H2,1-2H3. The number of rotatable bonds is 4. The first kappa shape index (κ1) is 16.8. The van der Waals surface area contributed by atoms with Crippen LogP contribution in [0.3, 0.4) is 0 Å². The molecule has 0 aliphatic carbocycles. The molecule has 0 spiro atoms. The largest absolute Gasteiger partial charge is 0.354 e. The molecule has 3 heterocycles. The van der Waals surface area contributed by atoms with Gasteiger partial charge in [-0.1, -0.05) is 11.6 Å². The van der Waals surface area contributed by atoms with E-state index < -0.39 is 0 Å². The minimum Gasteiger partial charge on any atom is -0.354 e. The summed E-state index contributed by atoms with van der Waals surface area (Å²) in [7, 11) is 3.81. The van der Waals surface area contributed by atoms with Crippen LogP contribution in [-0.2, 0) is 13.6 Å². The Hall–Kier alpha value is -2.08. The molecule has 0 radical (unpaired) electrons. The van der Waals surface area contributed by atoms with Gasteiger partial charge in [0.1, 0.15) is 5.82 Å². The molecule has 6 nitrogen and oxygen atoms in total. The summed E-state index contributed by atoms with van der Waals surface area (Å²) in [6.45, 7) is 2.29. The SMILES string of the molecule is CN(Cc1cnn(C)c1)c1ncc(C(=O)N2CCCCC2)cc1Cl. The van der Waals surface area contributed by atoms with Gasteiger partial charge in [-0.3, -0.25) is 9.48 Å². The monoisotopic (exact) mass is 347 g/mol. The minimum absolute atomic E-state index is 0.0190. The lowest BCUT2D eigenvalue weighted by molar-refractivity contribution is 0.0724. The second-order valence-corrected chi connectivity index (χ2v) is 6.67. The highest BCUT2D eigenvalue weighted by Crippen LogP contribution is 2.25. The smallest absolute Gasteiger partial charge is 0.255 e. The number of aromatic nitrogens is 3. The zero-order valence-electron chi connectivity index (χ0n) is 14.1. The van der Waals surface area contributed by atoms with Crippen LogP contribution in [0.25, 0.3) is 0 Å². The van der Waals surface area contributed by atoms with Gasteiger partial charge in [0.25, 0.3) is 5.91 Å². The Balaban J connectivity index is 1.72. The highest BCUT2D eigenvalue weighted by Gasteiger charge is 2.20. The van der Waals surface area contributed by atoms with Crippen molar-refractivity contribution in [1.29, 1.82) is 0 Å². The molecular weight excluding hydrogens is 326 g/mol. The van der Waals surface area contributed by atoms with Gasteiger partial charge in [-0.05, 0) is 25.3 Å². The zero-order valence-corrected chi connectivity index (χ0v) is 14.8. The van der Waals surface area contributed by atoms with E-state index in [0.717, 1.165) is 31.5 Å². The molecule has 7 heteroatoms. The minimum atomic E-state index is 0.0190. The third-order valence-corrected chi connectivity index (χ3v) is 4.53. The summed E-state index contributed by atoms with van der Waals surface area (Å²) in [6.07, 6.45) is 8.73. The molecule has 0 saturated carbocycles. The van der Waals surface area contributed by atoms with Crippen LogP contribution < -0.4 is 4.90 Å². The van der Waals surface area contributed by atoms with Crippen LogP contribution in [0.2, 0.25) is 5.02 Å². The fourth-order valence-electron chi connectivity index (χ4n) is 3.01. The number of pyridine rings is 1. The number of anilines is 1. The van der Waals surface area contributed by atoms with Gasteiger partial charge in [0.2, 0.25) is 0 Å². The number of nitrogens with zero attached hydrogens (tertiary/aromatic N) is 5. The Morgan fingerprint density at radius 3 is 2.67 bits per heavy atom. The molecule has 1 amide bonds. The number of carbonyl (C=O) groups excluding carboxylic acids is 1. The summed E-state index contributed by atoms with van der Waals surface area (Å²) in [5.41, 5.74) is 1.63. The number of likely N-dealkylation sites (tertiary alicyclic amines) is 1. The Morgan fingerprint density at radius 2 is 2.04 bits per heavy atom. The normalized spacial score (nSPS) is 14.7. The Labute approximate surface area is 147 Å². The summed E-state index contributed by atoms with van der Waals surface area (Å²) in [5, 5.41) is 4.65. The maximum atomic E-state index is 12.5. The molecule has 0 N–H and O–H groups in total. The Morgan fingerprint density at radius 1 is 1.29 bits per heavy atom. The van der Waals surface area contributed by atoms with Gasteiger partial charge in [0.15, 0.2) is 0 Å². The van der Waals surface area contributed by atoms with Crippen LogP contribution in [0.1, 0.15) is 35.2 Å². The maximum absolute atomic E-state index is 12.5. The molecule has 1 aliphatic rings. The van der Waals surface area contributed by atoms with Gasteiger partial charge in [-0.25, -0.2) is 4.98 Å². The summed E-state index contributed by atoms with van der Waals surface area (Å²) in [5.74, 6) is 0.682. The van der Waals surface area contributed by atoms with Crippen molar-refractivity contribution in [3.05, 3.63) is 40.8 Å². The Bertz CT molecular complexity index is 724. The fourth-order valence-corrected chi connectivity index (χ4v) is 3.32. The number of amides is 1. The number of carbonyl (C=O) groups is 1. The average Bonchev–Trinajstić information content (AvgIpc) is 2.99. The van der Waals surface area contributed by atoms with Crippen LogP contribution >= 0.6 is 11.6 Å². The van der Waals surface area contributed by atoms with E-state index in [9.17, 15) is 4.79 Å². The highest BCUT2D eigenvalue weighted by molar-refractivity contribution is 6.33. The van der Waals surface area contributed by atoms with E-state index in [4.69, 9.17) is 11.6 Å². The molecule has 0 unspecified atom stereocenters. The van der Waals surface area contributed by atoms with Gasteiger partial charge < -0.3 is 9.80 Å². The zero-order chi connectivity index (χ0) is 17.1. The van der Waals surface area contributed by atoms with Gasteiger partial charge in [0, 0.05) is 51.7 Å². The van der Waals surface area contributed by atoms with Crippen LogP contribution in [0.5, 0.6) is 0 Å². The average molecular weight is 348 g/mol. The van der Waals surface area contributed by atoms with E-state index in [1.54, 1.807) is 16.9 Å². The maximum Gasteiger partial charge on any atom is 0.255 e. The first-order valence-electron chi connectivity index (χ1n) is 8.18. The van der Waals surface area contributed by atoms with Crippen molar-refractivity contribution in [2.24, 2.45) is 7.05 Å². The summed E-state index contributed by atoms with van der Waals surface area (Å²) >= 11 is 6.38. The predicted molar refractivity (Wildman–Crippen MR) is 94.3 cm³/mol. The van der Waals surface area contributed by atoms with Gasteiger partial charge >= 0.3 is 0 Å². The van der Waals surface area contributed by atoms with Crippen LogP contribution in [0.15, 0.2) is 24.7 Å². The van der Waals surface area contributed by atoms with E-state index >= 15 is 0 Å². The lowest BCUT2D eigenvalue weighted by Crippen LogP contribution is -2.35. The fraction of sp³-hybridized carbons (Fsp3) is 0.471. The molecule has 0 bridgehead atoms. The first-order valence-corrected chi connectivity index (χ1v) is 8.56. The molecule has 128 valence electrons. The number of aryl methyl sites for hydroxylation is 1. The van der Waals surface area contributed by atoms with Crippen molar-refractivity contribution in [2.75, 3.05) is 25.0 Å². The number of piperidine rings is 1. The quantitative estimate of drug-likeness (QED) is 0.853. The first-order chi connectivity index (χ1) is 11.5. The number of hydrogen-bond donors (Lipinski definition) is 0. The predicted octanol–water partition coefficient (Wildman–Crippen LogP) is 2.73. The van der Waals surface area contributed by atoms with Gasteiger partial charge in [-0.2, -0.15) is 5.10 Å². The van der Waals surface area contributed by atoms with E-state index in [1.165, 1.54) is 6.42 Å². The number of halogens is 1. The van der Waals surface area contributed by atoms with E-state index in [1.807, 2.05) is 36.3 Å². The molecule has 1 aliphatic heterocycles. The third-order valence-electron chi connectivity index (χ3n) is 4.25. The third kappa shape index (κ3) is 3.70. The molecule has 1 fully saturated rings. The summed E-state index contributed by atoms with van der Waals surface area (Å²) < 4.78 is 1.76. The summed E-state index contributed by atoms with van der Waals surface area (Å²) in [4.78, 5) is 20.8. The van der Waals surface area contributed by atoms with Crippen molar-refractivity contribution >= 4 is 23.3 Å². The topological polar surface area (TPSA) is 54.3 Å². The van der Waals surface area contributed by atoms with Crippen molar-refractivity contribution in [3.8, 4) is 0 Å². The molecule has 2 aromatic heterocycles. The lowest BCUT2D eigenvalue weighted by atomic mass is 10.1. The Kier molecular flexibility index (Phi) is 5.04. The van der Waals surface area contributed by atoms with Crippen LogP contribution in [-0.4, -0.2) is 45.7 Å². The van der Waals surface area contributed by atoms with Crippen molar-refractivity contribution in [2.45, 2.75) is 25.8 Å². The van der Waals surface area contributed by atoms with Crippen LogP contribution in [0, 0.1) is 0 Å². The molecule has 24 heavy (non-hydrogen) atoms. The lowest BCUT2D eigenvalue weighted by Gasteiger charge is -2.27. The molecule has 1 saturated heterocycles. The van der Waals surface area contributed by atoms with E-state index in [-0.39, 0.29) is 5.91 Å². The van der Waals surface area contributed by atoms with E-state index in [2.05, 4.69) is 10.1 Å². The van der Waals surface area contributed by atoms with Crippen molar-refractivity contribution in [1.82, 2.24) is 19.7 Å². The van der Waals surface area contributed by atoms with E-state index in [0.29, 0.717) is 22.9 Å². The summed E-state index contributed by atoms with van der Waals surface area (Å²) in [6, 6.07) is 1.72. The van der Waals surface area contributed by atoms with Crippen molar-refractivity contribution < 1.29 is 4.79 Å². The molecule has 3 rings (SSSR count). The second kappa shape index (κ2) is 7.21. The van der Waals surface area contributed by atoms with Crippen LogP contribution in [0.4, 0.5) is 5.82 Å².